The monoisotopic (exact) mass is 446 g/mol. The van der Waals surface area contributed by atoms with Crippen molar-refractivity contribution in [3.63, 3.8) is 0 Å². The van der Waals surface area contributed by atoms with E-state index in [9.17, 15) is 9.59 Å². The summed E-state index contributed by atoms with van der Waals surface area (Å²) >= 11 is 0. The number of imide groups is 1. The van der Waals surface area contributed by atoms with Crippen LogP contribution in [0.4, 0.5) is 10.5 Å². The third-order valence-corrected chi connectivity index (χ3v) is 5.98. The first-order valence-corrected chi connectivity index (χ1v) is 10.9. The number of carbonyl (C=O) groups is 2. The maximum atomic E-state index is 13.8. The molecular formula is C25H26N4O4. The number of benzene rings is 2. The molecule has 0 aliphatic carbocycles. The van der Waals surface area contributed by atoms with Crippen molar-refractivity contribution in [1.82, 2.24) is 15.1 Å². The molecule has 33 heavy (non-hydrogen) atoms. The highest BCUT2D eigenvalue weighted by molar-refractivity contribution is 6.08. The van der Waals surface area contributed by atoms with Crippen LogP contribution < -0.4 is 10.1 Å². The van der Waals surface area contributed by atoms with Crippen LogP contribution in [0.5, 0.6) is 5.75 Å². The molecule has 0 spiro atoms. The van der Waals surface area contributed by atoms with Gasteiger partial charge in [-0.1, -0.05) is 12.1 Å². The molecule has 2 aliphatic rings. The third kappa shape index (κ3) is 3.61. The molecule has 0 saturated heterocycles. The number of ether oxygens (including phenoxy) is 2. The van der Waals surface area contributed by atoms with Crippen molar-refractivity contribution in [1.29, 1.82) is 0 Å². The van der Waals surface area contributed by atoms with Crippen LogP contribution in [-0.4, -0.2) is 46.4 Å². The Morgan fingerprint density at radius 3 is 2.61 bits per heavy atom. The quantitative estimate of drug-likeness (QED) is 0.600. The number of fused-ring (bicyclic) bond motifs is 3. The molecule has 3 heterocycles. The Labute approximate surface area is 191 Å². The molecule has 3 aromatic rings. The summed E-state index contributed by atoms with van der Waals surface area (Å²) < 4.78 is 10.8. The Morgan fingerprint density at radius 1 is 1.15 bits per heavy atom. The highest BCUT2D eigenvalue weighted by atomic mass is 16.6. The maximum absolute atomic E-state index is 13.8. The summed E-state index contributed by atoms with van der Waals surface area (Å²) in [6, 6.07) is 11.7. The van der Waals surface area contributed by atoms with E-state index < -0.39 is 11.7 Å². The summed E-state index contributed by atoms with van der Waals surface area (Å²) in [6.45, 7) is 5.63. The number of nitrogens with zero attached hydrogens (tertiary/aromatic N) is 2. The van der Waals surface area contributed by atoms with Crippen molar-refractivity contribution in [3.8, 4) is 5.75 Å². The van der Waals surface area contributed by atoms with Crippen LogP contribution in [0.2, 0.25) is 0 Å². The molecule has 2 amide bonds. The van der Waals surface area contributed by atoms with Crippen molar-refractivity contribution < 1.29 is 19.1 Å². The van der Waals surface area contributed by atoms with Gasteiger partial charge in [0.2, 0.25) is 0 Å². The van der Waals surface area contributed by atoms with Crippen molar-refractivity contribution >= 4 is 28.6 Å². The molecule has 0 saturated carbocycles. The average Bonchev–Trinajstić information content (AvgIpc) is 3.26. The third-order valence-electron chi connectivity index (χ3n) is 5.98. The zero-order chi connectivity index (χ0) is 23.3. The molecule has 1 unspecified atom stereocenters. The number of hydrogen-bond acceptors (Lipinski definition) is 6. The molecule has 1 aromatic heterocycles. The first kappa shape index (κ1) is 21.1. The number of nitrogens with one attached hydrogen (secondary N) is 2. The fourth-order valence-corrected chi connectivity index (χ4v) is 4.55. The van der Waals surface area contributed by atoms with Gasteiger partial charge in [-0.15, -0.1) is 0 Å². The van der Waals surface area contributed by atoms with Gasteiger partial charge in [0.05, 0.1) is 18.8 Å². The van der Waals surface area contributed by atoms with Gasteiger partial charge in [0.1, 0.15) is 11.4 Å². The number of H-pyrrole nitrogens is 1. The summed E-state index contributed by atoms with van der Waals surface area (Å²) in [5, 5.41) is 11.6. The van der Waals surface area contributed by atoms with Gasteiger partial charge in [-0.3, -0.25) is 9.89 Å². The van der Waals surface area contributed by atoms with Crippen molar-refractivity contribution in [2.24, 2.45) is 0 Å². The van der Waals surface area contributed by atoms with Crippen molar-refractivity contribution in [3.05, 3.63) is 65.0 Å². The van der Waals surface area contributed by atoms with E-state index in [1.165, 1.54) is 4.90 Å². The lowest BCUT2D eigenvalue weighted by Crippen LogP contribution is -2.47. The van der Waals surface area contributed by atoms with E-state index in [0.29, 0.717) is 12.0 Å². The van der Waals surface area contributed by atoms with Gasteiger partial charge < -0.3 is 14.8 Å². The molecular weight excluding hydrogens is 420 g/mol. The number of aromatic amines is 1. The number of carbonyl (C=O) groups excluding carboxylic acids is 2. The predicted octanol–water partition coefficient (Wildman–Crippen LogP) is 4.55. The lowest BCUT2D eigenvalue weighted by Gasteiger charge is -2.38. The summed E-state index contributed by atoms with van der Waals surface area (Å²) in [4.78, 5) is 27.8. The van der Waals surface area contributed by atoms with Crippen LogP contribution in [0.15, 0.2) is 53.9 Å². The van der Waals surface area contributed by atoms with Crippen LogP contribution in [0.25, 0.3) is 10.9 Å². The van der Waals surface area contributed by atoms with Crippen LogP contribution in [0, 0.1) is 0 Å². The molecule has 0 bridgehead atoms. The fraction of sp³-hybridized carbons (Fsp3) is 0.320. The van der Waals surface area contributed by atoms with E-state index in [1.807, 2.05) is 36.4 Å². The van der Waals surface area contributed by atoms with E-state index >= 15 is 0 Å². The largest absolute Gasteiger partial charge is 0.497 e. The normalized spacial score (nSPS) is 18.0. The first-order valence-electron chi connectivity index (χ1n) is 10.9. The van der Waals surface area contributed by atoms with E-state index in [1.54, 1.807) is 34.1 Å². The summed E-state index contributed by atoms with van der Waals surface area (Å²) in [7, 11) is 1.62. The van der Waals surface area contributed by atoms with Crippen LogP contribution in [0.3, 0.4) is 0 Å². The minimum atomic E-state index is -0.693. The lowest BCUT2D eigenvalue weighted by molar-refractivity contribution is -0.127. The second kappa shape index (κ2) is 7.65. The molecule has 8 heteroatoms. The SMILES string of the molecule is COc1ccc(C2C3=C(CCN(C(=O)OC(C)(C)C)C3=O)Nc3ccc4[nH]ncc4c32)cc1. The molecule has 8 nitrogen and oxygen atoms in total. The second-order valence-electron chi connectivity index (χ2n) is 9.27. The Hall–Kier alpha value is -3.81. The van der Waals surface area contributed by atoms with Crippen LogP contribution >= 0.6 is 0 Å². The molecule has 2 N–H and O–H groups in total. The number of methoxy groups -OCH3 is 1. The maximum Gasteiger partial charge on any atom is 0.417 e. The Kier molecular flexibility index (Phi) is 4.88. The lowest BCUT2D eigenvalue weighted by atomic mass is 9.77. The number of anilines is 1. The molecule has 2 aromatic carbocycles. The number of hydrogen-bond donors (Lipinski definition) is 2. The summed E-state index contributed by atoms with van der Waals surface area (Å²) in [5.74, 6) is 0.0140. The number of amides is 2. The Bertz CT molecular complexity index is 1280. The zero-order valence-corrected chi connectivity index (χ0v) is 19.1. The van der Waals surface area contributed by atoms with E-state index in [0.717, 1.165) is 39.2 Å². The standard InChI is InChI=1S/C25H26N4O4/c1-25(2,3)33-24(31)29-12-11-19-22(23(29)30)20(14-5-7-15(32-4)8-6-14)21-16-13-26-28-17(16)9-10-18(21)27-19/h5-10,13,20,27H,11-12H2,1-4H3,(H,26,28). The number of aromatic nitrogens is 2. The van der Waals surface area contributed by atoms with Gasteiger partial charge in [-0.2, -0.15) is 5.10 Å². The summed E-state index contributed by atoms with van der Waals surface area (Å²) in [6.07, 6.45) is 1.67. The minimum absolute atomic E-state index is 0.262. The van der Waals surface area contributed by atoms with Crippen molar-refractivity contribution in [2.75, 3.05) is 19.0 Å². The van der Waals surface area contributed by atoms with Gasteiger partial charge in [-0.25, -0.2) is 9.69 Å². The topological polar surface area (TPSA) is 96.5 Å². The van der Waals surface area contributed by atoms with E-state index in [4.69, 9.17) is 9.47 Å². The first-order chi connectivity index (χ1) is 15.8. The molecule has 0 radical (unpaired) electrons. The summed E-state index contributed by atoms with van der Waals surface area (Å²) in [5.41, 5.74) is 4.38. The van der Waals surface area contributed by atoms with Crippen LogP contribution in [0.1, 0.15) is 44.2 Å². The Balaban J connectivity index is 1.65. The second-order valence-corrected chi connectivity index (χ2v) is 9.27. The molecule has 170 valence electrons. The smallest absolute Gasteiger partial charge is 0.417 e. The van der Waals surface area contributed by atoms with E-state index in [-0.39, 0.29) is 18.4 Å². The zero-order valence-electron chi connectivity index (χ0n) is 19.1. The fourth-order valence-electron chi connectivity index (χ4n) is 4.55. The number of rotatable bonds is 2. The minimum Gasteiger partial charge on any atom is -0.497 e. The highest BCUT2D eigenvalue weighted by Gasteiger charge is 2.42. The molecule has 0 fully saturated rings. The van der Waals surface area contributed by atoms with Gasteiger partial charge >= 0.3 is 6.09 Å². The predicted molar refractivity (Wildman–Crippen MR) is 124 cm³/mol. The van der Waals surface area contributed by atoms with Gasteiger partial charge in [0, 0.05) is 41.2 Å². The van der Waals surface area contributed by atoms with Gasteiger partial charge in [0.25, 0.3) is 5.91 Å². The van der Waals surface area contributed by atoms with Gasteiger partial charge in [-0.05, 0) is 56.2 Å². The molecule has 5 rings (SSSR count). The molecule has 2 aliphatic heterocycles. The van der Waals surface area contributed by atoms with E-state index in [2.05, 4.69) is 15.5 Å². The van der Waals surface area contributed by atoms with Crippen molar-refractivity contribution in [2.45, 2.75) is 38.7 Å². The average molecular weight is 447 g/mol. The van der Waals surface area contributed by atoms with Gasteiger partial charge in [0.15, 0.2) is 0 Å². The van der Waals surface area contributed by atoms with Crippen LogP contribution in [-0.2, 0) is 9.53 Å². The Morgan fingerprint density at radius 2 is 1.91 bits per heavy atom. The molecule has 1 atom stereocenters. The highest BCUT2D eigenvalue weighted by Crippen LogP contribution is 2.47.